The molecule has 0 aliphatic heterocycles. The van der Waals surface area contributed by atoms with Crippen molar-refractivity contribution in [2.24, 2.45) is 0 Å². The first-order chi connectivity index (χ1) is 9.02. The minimum atomic E-state index is 0.634. The van der Waals surface area contributed by atoms with Gasteiger partial charge in [0.15, 0.2) is 0 Å². The number of hydrogen-bond donors (Lipinski definition) is 1. The van der Waals surface area contributed by atoms with Gasteiger partial charge in [0.05, 0.1) is 33.1 Å². The summed E-state index contributed by atoms with van der Waals surface area (Å²) in [6.07, 6.45) is 0. The third-order valence-electron chi connectivity index (χ3n) is 2.83. The number of nitrogens with zero attached hydrogens (tertiary/aromatic N) is 2. The van der Waals surface area contributed by atoms with Crippen molar-refractivity contribution in [3.05, 3.63) is 44.1 Å². The molecule has 0 bridgehead atoms. The van der Waals surface area contributed by atoms with Crippen LogP contribution in [0, 0.1) is 6.92 Å². The Bertz CT molecular complexity index is 596. The number of rotatable bonds is 4. The maximum absolute atomic E-state index is 6.13. The molecule has 0 amide bonds. The van der Waals surface area contributed by atoms with Gasteiger partial charge in [0.2, 0.25) is 0 Å². The van der Waals surface area contributed by atoms with E-state index in [1.807, 2.05) is 17.7 Å². The van der Waals surface area contributed by atoms with E-state index in [0.717, 1.165) is 28.1 Å². The van der Waals surface area contributed by atoms with Gasteiger partial charge in [-0.25, -0.2) is 0 Å². The van der Waals surface area contributed by atoms with Crippen molar-refractivity contribution in [1.29, 1.82) is 0 Å². The molecule has 102 valence electrons. The highest BCUT2D eigenvalue weighted by molar-refractivity contribution is 9.10. The summed E-state index contributed by atoms with van der Waals surface area (Å²) in [7, 11) is 0. The molecule has 1 N–H and O–H groups in total. The molecule has 3 nitrogen and oxygen atoms in total. The first kappa shape index (κ1) is 14.7. The summed E-state index contributed by atoms with van der Waals surface area (Å²) in [5, 5.41) is 9.05. The Morgan fingerprint density at radius 3 is 2.79 bits per heavy atom. The van der Waals surface area contributed by atoms with Gasteiger partial charge in [0.25, 0.3) is 0 Å². The van der Waals surface area contributed by atoms with Crippen LogP contribution in [0.3, 0.4) is 0 Å². The summed E-state index contributed by atoms with van der Waals surface area (Å²) in [4.78, 5) is 0. The molecule has 0 saturated carbocycles. The Labute approximate surface area is 131 Å². The lowest BCUT2D eigenvalue weighted by atomic mass is 10.3. The fourth-order valence-corrected chi connectivity index (χ4v) is 2.63. The maximum Gasteiger partial charge on any atom is 0.0739 e. The van der Waals surface area contributed by atoms with Crippen molar-refractivity contribution in [3.63, 3.8) is 0 Å². The molecule has 1 aromatic heterocycles. The minimum absolute atomic E-state index is 0.634. The summed E-state index contributed by atoms with van der Waals surface area (Å²) < 4.78 is 2.99. The number of benzene rings is 1. The topological polar surface area (TPSA) is 29.9 Å². The summed E-state index contributed by atoms with van der Waals surface area (Å²) in [6, 6.07) is 5.37. The van der Waals surface area contributed by atoms with Gasteiger partial charge in [-0.1, -0.05) is 23.2 Å². The van der Waals surface area contributed by atoms with Crippen LogP contribution in [0.15, 0.2) is 22.7 Å². The van der Waals surface area contributed by atoms with E-state index in [9.17, 15) is 0 Å². The van der Waals surface area contributed by atoms with E-state index < -0.39 is 0 Å². The van der Waals surface area contributed by atoms with Crippen LogP contribution < -0.4 is 5.32 Å². The van der Waals surface area contributed by atoms with Crippen molar-refractivity contribution in [3.8, 4) is 0 Å². The number of aryl methyl sites for hydroxylation is 2. The number of aromatic nitrogens is 2. The molecule has 0 fully saturated rings. The van der Waals surface area contributed by atoms with E-state index in [-0.39, 0.29) is 0 Å². The fourth-order valence-electron chi connectivity index (χ4n) is 1.85. The van der Waals surface area contributed by atoms with Crippen LogP contribution >= 0.6 is 39.1 Å². The van der Waals surface area contributed by atoms with Crippen LogP contribution in [0.5, 0.6) is 0 Å². The van der Waals surface area contributed by atoms with Crippen molar-refractivity contribution in [2.75, 3.05) is 5.32 Å². The summed E-state index contributed by atoms with van der Waals surface area (Å²) in [5.74, 6) is 0. The van der Waals surface area contributed by atoms with Gasteiger partial charge in [-0.15, -0.1) is 0 Å². The molecule has 0 aliphatic rings. The lowest BCUT2D eigenvalue weighted by molar-refractivity contribution is 0.622. The molecule has 0 saturated heterocycles. The van der Waals surface area contributed by atoms with Crippen molar-refractivity contribution < 1.29 is 0 Å². The molecule has 0 unspecified atom stereocenters. The van der Waals surface area contributed by atoms with Crippen LogP contribution in [0.1, 0.15) is 18.3 Å². The van der Waals surface area contributed by atoms with Crippen molar-refractivity contribution >= 4 is 44.8 Å². The van der Waals surface area contributed by atoms with E-state index >= 15 is 0 Å². The highest BCUT2D eigenvalue weighted by Gasteiger charge is 2.12. The number of hydrogen-bond acceptors (Lipinski definition) is 2. The number of nitrogens with one attached hydrogen (secondary N) is 1. The standard InChI is InChI=1S/C13H14BrCl2N3/c1-3-19-12(13(14)8(2)18-19)7-17-11-6-9(15)4-5-10(11)16/h4-6,17H,3,7H2,1-2H3. The van der Waals surface area contributed by atoms with Gasteiger partial charge in [-0.05, 0) is 48.0 Å². The molecule has 0 aliphatic carbocycles. The van der Waals surface area contributed by atoms with Gasteiger partial charge in [0.1, 0.15) is 0 Å². The minimum Gasteiger partial charge on any atom is -0.378 e. The van der Waals surface area contributed by atoms with E-state index in [2.05, 4.69) is 33.3 Å². The molecule has 1 heterocycles. The van der Waals surface area contributed by atoms with Crippen LogP contribution in [0.2, 0.25) is 10.0 Å². The highest BCUT2D eigenvalue weighted by atomic mass is 79.9. The molecule has 19 heavy (non-hydrogen) atoms. The van der Waals surface area contributed by atoms with Crippen LogP contribution in [0.25, 0.3) is 0 Å². The third kappa shape index (κ3) is 3.25. The average molecular weight is 363 g/mol. The molecule has 2 aromatic rings. The first-order valence-corrected chi connectivity index (χ1v) is 7.48. The van der Waals surface area contributed by atoms with Gasteiger partial charge in [-0.3, -0.25) is 4.68 Å². The molecule has 1 aromatic carbocycles. The lowest BCUT2D eigenvalue weighted by Crippen LogP contribution is -2.08. The van der Waals surface area contributed by atoms with Crippen molar-refractivity contribution in [1.82, 2.24) is 9.78 Å². The lowest BCUT2D eigenvalue weighted by Gasteiger charge is -2.10. The molecule has 0 atom stereocenters. The maximum atomic E-state index is 6.13. The summed E-state index contributed by atoms with van der Waals surface area (Å²) in [6.45, 7) is 5.50. The molecule has 0 spiro atoms. The van der Waals surface area contributed by atoms with Crippen molar-refractivity contribution in [2.45, 2.75) is 26.9 Å². The zero-order valence-corrected chi connectivity index (χ0v) is 13.8. The molecule has 6 heteroatoms. The Morgan fingerprint density at radius 1 is 1.37 bits per heavy atom. The summed E-state index contributed by atoms with van der Waals surface area (Å²) >= 11 is 15.7. The van der Waals surface area contributed by atoms with Crippen LogP contribution in [-0.2, 0) is 13.1 Å². The van der Waals surface area contributed by atoms with Crippen LogP contribution in [-0.4, -0.2) is 9.78 Å². The molecule has 0 radical (unpaired) electrons. The number of anilines is 1. The first-order valence-electron chi connectivity index (χ1n) is 5.93. The van der Waals surface area contributed by atoms with Gasteiger partial charge in [0, 0.05) is 11.6 Å². The Morgan fingerprint density at radius 2 is 2.11 bits per heavy atom. The second-order valence-electron chi connectivity index (χ2n) is 4.14. The second-order valence-corrected chi connectivity index (χ2v) is 5.78. The van der Waals surface area contributed by atoms with E-state index in [1.54, 1.807) is 12.1 Å². The smallest absolute Gasteiger partial charge is 0.0739 e. The Balaban J connectivity index is 2.21. The van der Waals surface area contributed by atoms with Gasteiger partial charge in [-0.2, -0.15) is 5.10 Å². The van der Waals surface area contributed by atoms with Gasteiger partial charge >= 0.3 is 0 Å². The van der Waals surface area contributed by atoms with E-state index in [4.69, 9.17) is 23.2 Å². The second kappa shape index (κ2) is 6.16. The monoisotopic (exact) mass is 361 g/mol. The summed E-state index contributed by atoms with van der Waals surface area (Å²) in [5.41, 5.74) is 2.90. The molecular weight excluding hydrogens is 349 g/mol. The normalized spacial score (nSPS) is 10.8. The van der Waals surface area contributed by atoms with E-state index in [1.165, 1.54) is 0 Å². The predicted octanol–water partition coefficient (Wildman–Crippen LogP) is 4.89. The largest absolute Gasteiger partial charge is 0.378 e. The van der Waals surface area contributed by atoms with Gasteiger partial charge < -0.3 is 5.32 Å². The Hall–Kier alpha value is -0.710. The Kier molecular flexibility index (Phi) is 4.76. The zero-order chi connectivity index (χ0) is 14.0. The molecule has 2 rings (SSSR count). The number of halogens is 3. The fraction of sp³-hybridized carbons (Fsp3) is 0.308. The van der Waals surface area contributed by atoms with Crippen LogP contribution in [0.4, 0.5) is 5.69 Å². The third-order valence-corrected chi connectivity index (χ3v) is 4.42. The SMILES string of the molecule is CCn1nc(C)c(Br)c1CNc1cc(Cl)ccc1Cl. The highest BCUT2D eigenvalue weighted by Crippen LogP contribution is 2.27. The predicted molar refractivity (Wildman–Crippen MR) is 84.1 cm³/mol. The van der Waals surface area contributed by atoms with E-state index in [0.29, 0.717) is 16.6 Å². The molecular formula is C13H14BrCl2N3. The quantitative estimate of drug-likeness (QED) is 0.838. The zero-order valence-electron chi connectivity index (χ0n) is 10.7. The average Bonchev–Trinajstić information content (AvgIpc) is 2.66.